The van der Waals surface area contributed by atoms with Gasteiger partial charge in [0.15, 0.2) is 10.1 Å². The number of benzene rings is 1. The molecule has 40 heavy (non-hydrogen) atoms. The van der Waals surface area contributed by atoms with Gasteiger partial charge in [-0.05, 0) is 74.4 Å². The SMILES string of the molecule is CN/N=C\C(=N)S(=O)(=O)N(C1CC1)[C@H]1CCC2=Cc3c(cnn3-c3ccc(F)cc3)C[C@]2(C(=O)c2nccs2)C1. The molecule has 1 aromatic carbocycles. The zero-order valence-electron chi connectivity index (χ0n) is 21.7. The molecule has 10 nitrogen and oxygen atoms in total. The predicted octanol–water partition coefficient (Wildman–Crippen LogP) is 3.81. The van der Waals surface area contributed by atoms with Gasteiger partial charge in [0, 0.05) is 30.7 Å². The molecule has 3 aliphatic rings. The molecule has 0 amide bonds. The number of fused-ring (bicyclic) bond motifs is 2. The van der Waals surface area contributed by atoms with Crippen LogP contribution in [0.3, 0.4) is 0 Å². The highest BCUT2D eigenvalue weighted by Crippen LogP contribution is 2.52. The third-order valence-corrected chi connectivity index (χ3v) is 10.5. The second-order valence-electron chi connectivity index (χ2n) is 10.3. The zero-order chi connectivity index (χ0) is 28.1. The minimum Gasteiger partial charge on any atom is -0.313 e. The first-order valence-electron chi connectivity index (χ1n) is 13.0. The number of sulfonamides is 1. The number of halogens is 1. The Balaban J connectivity index is 1.41. The Morgan fingerprint density at radius 1 is 1.27 bits per heavy atom. The van der Waals surface area contributed by atoms with Crippen molar-refractivity contribution in [2.75, 3.05) is 7.05 Å². The van der Waals surface area contributed by atoms with Gasteiger partial charge >= 0.3 is 0 Å². The van der Waals surface area contributed by atoms with Crippen LogP contribution in [0.4, 0.5) is 4.39 Å². The van der Waals surface area contributed by atoms with Crippen LogP contribution in [-0.4, -0.2) is 63.7 Å². The third-order valence-electron chi connectivity index (χ3n) is 7.90. The maximum Gasteiger partial charge on any atom is 0.262 e. The van der Waals surface area contributed by atoms with Crippen LogP contribution in [0.2, 0.25) is 0 Å². The van der Waals surface area contributed by atoms with Crippen molar-refractivity contribution < 1.29 is 17.6 Å². The van der Waals surface area contributed by atoms with E-state index in [1.807, 2.05) is 6.08 Å². The lowest BCUT2D eigenvalue weighted by Crippen LogP contribution is -2.52. The molecule has 0 aliphatic heterocycles. The summed E-state index contributed by atoms with van der Waals surface area (Å²) in [7, 11) is -2.58. The first-order chi connectivity index (χ1) is 19.2. The largest absolute Gasteiger partial charge is 0.313 e. The topological polar surface area (TPSA) is 133 Å². The van der Waals surface area contributed by atoms with E-state index in [1.165, 1.54) is 34.8 Å². The summed E-state index contributed by atoms with van der Waals surface area (Å²) in [6, 6.07) is 5.42. The zero-order valence-corrected chi connectivity index (χ0v) is 23.4. The van der Waals surface area contributed by atoms with Crippen LogP contribution in [0.15, 0.2) is 52.7 Å². The van der Waals surface area contributed by atoms with Gasteiger partial charge in [-0.25, -0.2) is 22.5 Å². The third kappa shape index (κ3) is 4.51. The summed E-state index contributed by atoms with van der Waals surface area (Å²) in [6.07, 6.45) is 9.42. The summed E-state index contributed by atoms with van der Waals surface area (Å²) in [6.45, 7) is 0. The molecule has 208 valence electrons. The standard InChI is InChI=1S/C27H28FN7O3S2/c1-30-32-16-24(29)40(37,38)35(21-8-9-21)22-5-2-18-12-23-17(15-33-34(23)20-6-3-19(28)4-7-20)13-27(18,14-22)25(36)26-31-10-11-39-26/h3-4,6-7,10-12,15-16,21-22,29-30H,2,5,8-9,13-14H2,1H3/b29-24?,32-16-/t22-,27-/m0/s1. The van der Waals surface area contributed by atoms with Gasteiger partial charge in [0.25, 0.3) is 10.0 Å². The Morgan fingerprint density at radius 3 is 2.73 bits per heavy atom. The lowest BCUT2D eigenvalue weighted by atomic mass is 9.61. The molecule has 2 N–H and O–H groups in total. The second-order valence-corrected chi connectivity index (χ2v) is 13.1. The monoisotopic (exact) mass is 581 g/mol. The molecule has 2 aromatic heterocycles. The highest BCUT2D eigenvalue weighted by molar-refractivity contribution is 8.06. The molecular formula is C27H28FN7O3S2. The molecule has 2 saturated carbocycles. The fourth-order valence-corrected chi connectivity index (χ4v) is 8.22. The van der Waals surface area contributed by atoms with Crippen LogP contribution in [0.5, 0.6) is 0 Å². The maximum absolute atomic E-state index is 14.2. The van der Waals surface area contributed by atoms with Crippen molar-refractivity contribution in [1.29, 1.82) is 5.41 Å². The van der Waals surface area contributed by atoms with Crippen LogP contribution in [0.25, 0.3) is 11.8 Å². The number of Topliss-reactive ketones (excluding diaryl/α,β-unsaturated/α-hetero) is 1. The first kappa shape index (κ1) is 26.7. The number of allylic oxidation sites excluding steroid dienone is 1. The molecule has 0 saturated heterocycles. The van der Waals surface area contributed by atoms with E-state index in [2.05, 4.69) is 20.6 Å². The van der Waals surface area contributed by atoms with Crippen LogP contribution >= 0.6 is 11.3 Å². The molecule has 0 bridgehead atoms. The number of hydrogen-bond donors (Lipinski definition) is 2. The molecule has 0 radical (unpaired) electrons. The Bertz CT molecular complexity index is 1630. The van der Waals surface area contributed by atoms with Gasteiger partial charge in [0.05, 0.1) is 29.2 Å². The van der Waals surface area contributed by atoms with Crippen molar-refractivity contribution in [3.63, 3.8) is 0 Å². The van der Waals surface area contributed by atoms with Crippen molar-refractivity contribution in [3.05, 3.63) is 69.7 Å². The highest BCUT2D eigenvalue weighted by atomic mass is 32.2. The van der Waals surface area contributed by atoms with Gasteiger partial charge in [-0.15, -0.1) is 11.3 Å². The highest BCUT2D eigenvalue weighted by Gasteiger charge is 2.54. The molecule has 3 aliphatic carbocycles. The number of rotatable bonds is 8. The van der Waals surface area contributed by atoms with E-state index < -0.39 is 26.5 Å². The lowest BCUT2D eigenvalue weighted by molar-refractivity contribution is 0.0740. The van der Waals surface area contributed by atoms with Gasteiger partial charge < -0.3 is 5.43 Å². The van der Waals surface area contributed by atoms with Gasteiger partial charge in [-0.1, -0.05) is 5.57 Å². The Kier molecular flexibility index (Phi) is 6.75. The van der Waals surface area contributed by atoms with E-state index in [0.29, 0.717) is 30.0 Å². The van der Waals surface area contributed by atoms with Gasteiger partial charge in [0.2, 0.25) is 5.78 Å². The number of thiazole rings is 1. The number of ketones is 1. The van der Waals surface area contributed by atoms with E-state index in [1.54, 1.807) is 34.6 Å². The van der Waals surface area contributed by atoms with Gasteiger partial charge in [-0.2, -0.15) is 14.5 Å². The van der Waals surface area contributed by atoms with E-state index >= 15 is 0 Å². The number of aromatic nitrogens is 3. The fraction of sp³-hybridized carbons (Fsp3) is 0.370. The van der Waals surface area contributed by atoms with E-state index in [4.69, 9.17) is 5.41 Å². The van der Waals surface area contributed by atoms with Crippen molar-refractivity contribution >= 4 is 44.5 Å². The fourth-order valence-electron chi connectivity index (χ4n) is 5.95. The number of hydrogen-bond acceptors (Lipinski definition) is 9. The van der Waals surface area contributed by atoms with E-state index in [0.717, 1.165) is 35.9 Å². The summed E-state index contributed by atoms with van der Waals surface area (Å²) >= 11 is 1.27. The molecule has 6 rings (SSSR count). The van der Waals surface area contributed by atoms with Crippen molar-refractivity contribution in [1.82, 2.24) is 24.5 Å². The van der Waals surface area contributed by atoms with Crippen molar-refractivity contribution in [2.45, 2.75) is 50.6 Å². The molecular weight excluding hydrogens is 553 g/mol. The average Bonchev–Trinajstić information content (AvgIpc) is 3.44. The number of hydrazone groups is 1. The number of nitrogens with one attached hydrogen (secondary N) is 2. The van der Waals surface area contributed by atoms with Crippen molar-refractivity contribution in [2.24, 2.45) is 10.5 Å². The van der Waals surface area contributed by atoms with Crippen LogP contribution in [0.1, 0.15) is 53.2 Å². The summed E-state index contributed by atoms with van der Waals surface area (Å²) in [5.74, 6) is -0.464. The maximum atomic E-state index is 14.2. The molecule has 2 atom stereocenters. The molecule has 0 unspecified atom stereocenters. The first-order valence-corrected chi connectivity index (χ1v) is 15.4. The summed E-state index contributed by atoms with van der Waals surface area (Å²) < 4.78 is 44.0. The normalized spacial score (nSPS) is 22.6. The molecule has 0 spiro atoms. The minimum atomic E-state index is -4.11. The lowest BCUT2D eigenvalue weighted by Gasteiger charge is -2.46. The van der Waals surface area contributed by atoms with E-state index in [-0.39, 0.29) is 24.1 Å². The molecule has 2 heterocycles. The van der Waals surface area contributed by atoms with Crippen LogP contribution < -0.4 is 5.43 Å². The quantitative estimate of drug-likeness (QED) is 0.180. The average molecular weight is 582 g/mol. The number of carbonyl (C=O) groups excluding carboxylic acids is 1. The molecule has 13 heteroatoms. The van der Waals surface area contributed by atoms with Gasteiger partial charge in [0.1, 0.15) is 5.82 Å². The second kappa shape index (κ2) is 10.1. The number of carbonyl (C=O) groups is 1. The molecule has 2 fully saturated rings. The van der Waals surface area contributed by atoms with Crippen LogP contribution in [0, 0.1) is 16.6 Å². The Labute approximate surface area is 235 Å². The Hall–Kier alpha value is -3.55. The smallest absolute Gasteiger partial charge is 0.262 e. The molecule has 3 aromatic rings. The van der Waals surface area contributed by atoms with Gasteiger partial charge in [-0.3, -0.25) is 10.2 Å². The van der Waals surface area contributed by atoms with E-state index in [9.17, 15) is 17.6 Å². The minimum absolute atomic E-state index is 0.126. The number of nitrogens with zero attached hydrogens (tertiary/aromatic N) is 5. The van der Waals surface area contributed by atoms with Crippen molar-refractivity contribution in [3.8, 4) is 5.69 Å². The summed E-state index contributed by atoms with van der Waals surface area (Å²) in [4.78, 5) is 18.5. The Morgan fingerprint density at radius 2 is 2.05 bits per heavy atom. The van der Waals surface area contributed by atoms with Crippen LogP contribution in [-0.2, 0) is 16.4 Å². The summed E-state index contributed by atoms with van der Waals surface area (Å²) in [5.41, 5.74) is 4.82. The summed E-state index contributed by atoms with van der Waals surface area (Å²) in [5, 5.41) is 18.1. The predicted molar refractivity (Wildman–Crippen MR) is 151 cm³/mol.